The number of carbonyl (C=O) groups is 1. The highest BCUT2D eigenvalue weighted by molar-refractivity contribution is 6.40. The van der Waals surface area contributed by atoms with Crippen molar-refractivity contribution in [2.45, 2.75) is 31.1 Å². The lowest BCUT2D eigenvalue weighted by Crippen LogP contribution is -2.57. The lowest BCUT2D eigenvalue weighted by atomic mass is 9.77. The average Bonchev–Trinajstić information content (AvgIpc) is 2.61. The minimum Gasteiger partial charge on any atom is -0.480 e. The van der Waals surface area contributed by atoms with Gasteiger partial charge in [0.15, 0.2) is 0 Å². The second-order valence-corrected chi connectivity index (χ2v) is 4.30. The van der Waals surface area contributed by atoms with Crippen LogP contribution < -0.4 is 11.1 Å². The molecule has 6 nitrogen and oxygen atoms in total. The number of aliphatic carboxylic acids is 1. The van der Waals surface area contributed by atoms with Gasteiger partial charge in [-0.25, -0.2) is 0 Å². The first-order valence-electron chi connectivity index (χ1n) is 5.57. The first-order valence-corrected chi connectivity index (χ1v) is 5.57. The average molecular weight is 230 g/mol. The summed E-state index contributed by atoms with van der Waals surface area (Å²) in [6, 6.07) is 0. The van der Waals surface area contributed by atoms with Crippen LogP contribution in [0, 0.1) is 5.92 Å². The number of nitrogens with one attached hydrogen (secondary N) is 1. The number of rotatable bonds is 6. The van der Waals surface area contributed by atoms with E-state index < -0.39 is 18.6 Å². The lowest BCUT2D eigenvalue weighted by Gasteiger charge is -2.29. The van der Waals surface area contributed by atoms with E-state index in [1.807, 2.05) is 0 Å². The minimum absolute atomic E-state index is 0.0336. The maximum Gasteiger partial charge on any atom is 0.451 e. The quantitative estimate of drug-likeness (QED) is 0.359. The van der Waals surface area contributed by atoms with Gasteiger partial charge in [-0.1, -0.05) is 6.42 Å². The van der Waals surface area contributed by atoms with Crippen molar-refractivity contribution in [3.63, 3.8) is 0 Å². The van der Waals surface area contributed by atoms with Crippen molar-refractivity contribution >= 4 is 13.1 Å². The molecular weight excluding hydrogens is 211 g/mol. The second-order valence-electron chi connectivity index (χ2n) is 4.30. The molecule has 2 atom stereocenters. The third kappa shape index (κ3) is 2.73. The van der Waals surface area contributed by atoms with E-state index in [0.717, 1.165) is 6.42 Å². The number of carboxylic acids is 1. The molecule has 92 valence electrons. The van der Waals surface area contributed by atoms with Crippen LogP contribution in [0.25, 0.3) is 0 Å². The van der Waals surface area contributed by atoms with Gasteiger partial charge in [0, 0.05) is 6.54 Å². The molecule has 0 bridgehead atoms. The molecule has 0 saturated carbocycles. The summed E-state index contributed by atoms with van der Waals surface area (Å²) in [7, 11) is -1.31. The Morgan fingerprint density at radius 3 is 2.75 bits per heavy atom. The van der Waals surface area contributed by atoms with E-state index in [2.05, 4.69) is 5.32 Å². The standard InChI is InChI=1S/C9H19BN2O4/c11-6-9(8(13)14)7(3-5-12-9)2-1-4-10(15)16/h7,12,15-16H,1-6,11H2,(H,13,14)/t7?,9-/m0/s1. The molecule has 6 N–H and O–H groups in total. The number of hydrogen-bond acceptors (Lipinski definition) is 5. The topological polar surface area (TPSA) is 116 Å². The summed E-state index contributed by atoms with van der Waals surface area (Å²) in [6.07, 6.45) is 2.29. The molecule has 0 aromatic carbocycles. The van der Waals surface area contributed by atoms with Crippen molar-refractivity contribution in [1.82, 2.24) is 5.32 Å². The van der Waals surface area contributed by atoms with Crippen molar-refractivity contribution in [2.75, 3.05) is 13.1 Å². The molecule has 16 heavy (non-hydrogen) atoms. The van der Waals surface area contributed by atoms with Crippen molar-refractivity contribution in [2.24, 2.45) is 11.7 Å². The van der Waals surface area contributed by atoms with Crippen LogP contribution in [0.3, 0.4) is 0 Å². The smallest absolute Gasteiger partial charge is 0.451 e. The summed E-state index contributed by atoms with van der Waals surface area (Å²) in [5.41, 5.74) is 4.52. The number of carboxylic acid groups (broad SMARTS) is 1. The molecule has 1 saturated heterocycles. The summed E-state index contributed by atoms with van der Waals surface area (Å²) < 4.78 is 0. The molecule has 1 heterocycles. The largest absolute Gasteiger partial charge is 0.480 e. The van der Waals surface area contributed by atoms with E-state index >= 15 is 0 Å². The summed E-state index contributed by atoms with van der Waals surface area (Å²) in [5.74, 6) is -0.948. The van der Waals surface area contributed by atoms with Crippen LogP contribution in [-0.2, 0) is 4.79 Å². The Labute approximate surface area is 95.0 Å². The Balaban J connectivity index is 2.54. The summed E-state index contributed by atoms with van der Waals surface area (Å²) in [5, 5.41) is 29.6. The van der Waals surface area contributed by atoms with Gasteiger partial charge in [0.1, 0.15) is 5.54 Å². The predicted molar refractivity (Wildman–Crippen MR) is 59.8 cm³/mol. The molecule has 1 rings (SSSR count). The van der Waals surface area contributed by atoms with Crippen LogP contribution in [0.15, 0.2) is 0 Å². The number of nitrogens with two attached hydrogens (primary N) is 1. The third-order valence-corrected chi connectivity index (χ3v) is 3.35. The minimum atomic E-state index is -1.31. The first-order chi connectivity index (χ1) is 7.53. The SMILES string of the molecule is NC[C@]1(C(=O)O)NCCC1CCCB(O)O. The zero-order valence-electron chi connectivity index (χ0n) is 9.22. The van der Waals surface area contributed by atoms with Crippen LogP contribution in [0.5, 0.6) is 0 Å². The molecule has 1 aliphatic rings. The Morgan fingerprint density at radius 2 is 2.25 bits per heavy atom. The molecule has 1 fully saturated rings. The fourth-order valence-electron chi connectivity index (χ4n) is 2.37. The van der Waals surface area contributed by atoms with Gasteiger partial charge in [-0.2, -0.15) is 0 Å². The Hall–Kier alpha value is -0.625. The fraction of sp³-hybridized carbons (Fsp3) is 0.889. The van der Waals surface area contributed by atoms with Gasteiger partial charge >= 0.3 is 13.1 Å². The van der Waals surface area contributed by atoms with Crippen molar-refractivity contribution in [1.29, 1.82) is 0 Å². The lowest BCUT2D eigenvalue weighted by molar-refractivity contribution is -0.145. The third-order valence-electron chi connectivity index (χ3n) is 3.35. The normalized spacial score (nSPS) is 29.3. The van der Waals surface area contributed by atoms with Crippen LogP contribution in [0.4, 0.5) is 0 Å². The van der Waals surface area contributed by atoms with E-state index in [0.29, 0.717) is 19.4 Å². The summed E-state index contributed by atoms with van der Waals surface area (Å²) in [4.78, 5) is 11.2. The Morgan fingerprint density at radius 1 is 1.56 bits per heavy atom. The molecule has 0 amide bonds. The summed E-state index contributed by atoms with van der Waals surface area (Å²) >= 11 is 0. The maximum absolute atomic E-state index is 11.2. The van der Waals surface area contributed by atoms with Gasteiger partial charge in [0.25, 0.3) is 0 Å². The molecule has 0 aliphatic carbocycles. The van der Waals surface area contributed by atoms with Crippen LogP contribution in [0.1, 0.15) is 19.3 Å². The maximum atomic E-state index is 11.2. The van der Waals surface area contributed by atoms with Gasteiger partial charge in [0.05, 0.1) is 0 Å². The molecule has 1 aliphatic heterocycles. The molecule has 0 spiro atoms. The highest BCUT2D eigenvalue weighted by Gasteiger charge is 2.47. The summed E-state index contributed by atoms with van der Waals surface area (Å²) in [6.45, 7) is 0.713. The van der Waals surface area contributed by atoms with Gasteiger partial charge < -0.3 is 26.2 Å². The van der Waals surface area contributed by atoms with Gasteiger partial charge in [-0.3, -0.25) is 4.79 Å². The van der Waals surface area contributed by atoms with Gasteiger partial charge in [-0.15, -0.1) is 0 Å². The first kappa shape index (κ1) is 13.4. The molecule has 0 aromatic heterocycles. The molecule has 0 aromatic rings. The monoisotopic (exact) mass is 230 g/mol. The fourth-order valence-corrected chi connectivity index (χ4v) is 2.37. The van der Waals surface area contributed by atoms with E-state index in [4.69, 9.17) is 15.8 Å². The molecule has 1 unspecified atom stereocenters. The van der Waals surface area contributed by atoms with Crippen LogP contribution >= 0.6 is 0 Å². The Kier molecular flexibility index (Phi) is 4.73. The van der Waals surface area contributed by atoms with Gasteiger partial charge in [0.2, 0.25) is 0 Å². The molecular formula is C9H19BN2O4. The van der Waals surface area contributed by atoms with Gasteiger partial charge in [-0.05, 0) is 31.6 Å². The second kappa shape index (κ2) is 5.63. The van der Waals surface area contributed by atoms with Crippen molar-refractivity contribution < 1.29 is 19.9 Å². The van der Waals surface area contributed by atoms with Crippen molar-refractivity contribution in [3.05, 3.63) is 0 Å². The molecule has 7 heteroatoms. The van der Waals surface area contributed by atoms with E-state index in [-0.39, 0.29) is 18.8 Å². The zero-order valence-corrected chi connectivity index (χ0v) is 9.22. The highest BCUT2D eigenvalue weighted by Crippen LogP contribution is 2.31. The van der Waals surface area contributed by atoms with Crippen LogP contribution in [-0.4, -0.2) is 46.9 Å². The number of hydrogen-bond donors (Lipinski definition) is 5. The van der Waals surface area contributed by atoms with E-state index in [1.54, 1.807) is 0 Å². The highest BCUT2D eigenvalue weighted by atomic mass is 16.4. The molecule has 0 radical (unpaired) electrons. The van der Waals surface area contributed by atoms with E-state index in [9.17, 15) is 9.90 Å². The zero-order chi connectivity index (χ0) is 12.2. The Bertz CT molecular complexity index is 252. The van der Waals surface area contributed by atoms with Crippen molar-refractivity contribution in [3.8, 4) is 0 Å². The predicted octanol–water partition coefficient (Wildman–Crippen LogP) is -1.37. The van der Waals surface area contributed by atoms with Crippen LogP contribution in [0.2, 0.25) is 6.32 Å². The van der Waals surface area contributed by atoms with E-state index in [1.165, 1.54) is 0 Å².